The fraction of sp³-hybridized carbons (Fsp3) is 0.500. The van der Waals surface area contributed by atoms with Gasteiger partial charge in [0.25, 0.3) is 0 Å². The van der Waals surface area contributed by atoms with Gasteiger partial charge in [-0.05, 0) is 26.8 Å². The van der Waals surface area contributed by atoms with Crippen LogP contribution in [0.5, 0.6) is 0 Å². The number of nitrogens with one attached hydrogen (secondary N) is 1. The van der Waals surface area contributed by atoms with Crippen LogP contribution in [0.4, 0.5) is 5.82 Å². The highest BCUT2D eigenvalue weighted by Gasteiger charge is 2.10. The minimum Gasteiger partial charge on any atom is -0.460 e. The van der Waals surface area contributed by atoms with Gasteiger partial charge < -0.3 is 10.1 Å². The van der Waals surface area contributed by atoms with Crippen LogP contribution in [-0.2, 0) is 4.74 Å². The van der Waals surface area contributed by atoms with Gasteiger partial charge in [0.1, 0.15) is 5.82 Å². The molecule has 0 fully saturated rings. The van der Waals surface area contributed by atoms with Gasteiger partial charge >= 0.3 is 5.97 Å². The van der Waals surface area contributed by atoms with Crippen molar-refractivity contribution in [3.8, 4) is 0 Å². The first-order valence-corrected chi connectivity index (χ1v) is 4.90. The van der Waals surface area contributed by atoms with Crippen LogP contribution in [0.2, 0.25) is 0 Å². The molecule has 0 atom stereocenters. The van der Waals surface area contributed by atoms with Gasteiger partial charge in [-0.1, -0.05) is 0 Å². The zero-order valence-electron chi connectivity index (χ0n) is 9.15. The van der Waals surface area contributed by atoms with E-state index in [1.165, 1.54) is 6.20 Å². The van der Waals surface area contributed by atoms with Gasteiger partial charge in [-0.25, -0.2) is 14.8 Å². The largest absolute Gasteiger partial charge is 0.460 e. The summed E-state index contributed by atoms with van der Waals surface area (Å²) in [6, 6.07) is 1.97. The summed E-state index contributed by atoms with van der Waals surface area (Å²) in [6.07, 6.45) is 1.53. The van der Waals surface area contributed by atoms with E-state index in [4.69, 9.17) is 4.74 Å². The molecule has 1 heterocycles. The molecule has 0 aliphatic carbocycles. The second-order valence-corrected chi connectivity index (χ2v) is 3.28. The number of aromatic nitrogens is 2. The Hall–Kier alpha value is -1.65. The van der Waals surface area contributed by atoms with Crippen molar-refractivity contribution in [2.24, 2.45) is 0 Å². The minimum absolute atomic E-state index is 0.0856. The van der Waals surface area contributed by atoms with Gasteiger partial charge in [-0.2, -0.15) is 0 Å². The molecule has 0 saturated heterocycles. The second-order valence-electron chi connectivity index (χ2n) is 3.28. The van der Waals surface area contributed by atoms with E-state index in [9.17, 15) is 4.79 Å². The summed E-state index contributed by atoms with van der Waals surface area (Å²) < 4.78 is 4.80. The summed E-state index contributed by atoms with van der Waals surface area (Å²) in [5, 5.41) is 3.08. The highest BCUT2D eigenvalue weighted by molar-refractivity contribution is 5.85. The van der Waals surface area contributed by atoms with E-state index >= 15 is 0 Å². The number of carbonyl (C=O) groups excluding carboxylic acids is 1. The smallest absolute Gasteiger partial charge is 0.376 e. The third-order valence-corrected chi connectivity index (χ3v) is 1.55. The number of hydrogen-bond donors (Lipinski definition) is 1. The van der Waals surface area contributed by atoms with E-state index in [0.29, 0.717) is 12.4 Å². The Labute approximate surface area is 88.9 Å². The highest BCUT2D eigenvalue weighted by Crippen LogP contribution is 2.04. The molecule has 1 N–H and O–H groups in total. The molecule has 5 nitrogen and oxygen atoms in total. The van der Waals surface area contributed by atoms with Crippen LogP contribution in [0.15, 0.2) is 12.3 Å². The fourth-order valence-corrected chi connectivity index (χ4v) is 1.03. The molecule has 0 aliphatic heterocycles. The maximum absolute atomic E-state index is 11.3. The van der Waals surface area contributed by atoms with Crippen molar-refractivity contribution in [3.05, 3.63) is 18.1 Å². The Kier molecular flexibility index (Phi) is 4.03. The van der Waals surface area contributed by atoms with Gasteiger partial charge in [0, 0.05) is 12.2 Å². The average Bonchev–Trinajstić information content (AvgIpc) is 2.17. The topological polar surface area (TPSA) is 64.1 Å². The minimum atomic E-state index is -0.495. The molecule has 0 saturated carbocycles. The van der Waals surface area contributed by atoms with Crippen LogP contribution >= 0.6 is 0 Å². The summed E-state index contributed by atoms with van der Waals surface area (Å²) in [6.45, 7) is 6.05. The molecule has 5 heteroatoms. The number of anilines is 1. The van der Waals surface area contributed by atoms with Crippen LogP contribution < -0.4 is 5.32 Å². The number of ether oxygens (including phenoxy) is 1. The molecule has 1 rings (SSSR count). The summed E-state index contributed by atoms with van der Waals surface area (Å²) >= 11 is 0. The number of nitrogens with zero attached hydrogens (tertiary/aromatic N) is 2. The second kappa shape index (κ2) is 5.29. The lowest BCUT2D eigenvalue weighted by Crippen LogP contribution is -2.15. The Morgan fingerprint density at radius 1 is 1.60 bits per heavy atom. The molecule has 0 radical (unpaired) electrons. The van der Waals surface area contributed by atoms with E-state index in [1.54, 1.807) is 13.0 Å². The number of carbonyl (C=O) groups is 1. The van der Waals surface area contributed by atoms with Crippen LogP contribution in [-0.4, -0.2) is 28.6 Å². The Morgan fingerprint density at radius 3 is 2.93 bits per heavy atom. The SMILES string of the molecule is CCOC(=O)c1nccc(NC(C)C)n1. The molecule has 0 amide bonds. The first kappa shape index (κ1) is 11.4. The van der Waals surface area contributed by atoms with E-state index in [1.807, 2.05) is 13.8 Å². The van der Waals surface area contributed by atoms with E-state index in [-0.39, 0.29) is 11.9 Å². The zero-order valence-corrected chi connectivity index (χ0v) is 9.15. The van der Waals surface area contributed by atoms with Crippen LogP contribution in [0.3, 0.4) is 0 Å². The van der Waals surface area contributed by atoms with Crippen molar-refractivity contribution < 1.29 is 9.53 Å². The van der Waals surface area contributed by atoms with Gasteiger partial charge in [0.05, 0.1) is 6.61 Å². The third kappa shape index (κ3) is 3.53. The lowest BCUT2D eigenvalue weighted by molar-refractivity contribution is 0.0512. The van der Waals surface area contributed by atoms with Crippen LogP contribution in [0.1, 0.15) is 31.4 Å². The maximum Gasteiger partial charge on any atom is 0.376 e. The van der Waals surface area contributed by atoms with Gasteiger partial charge in [0.2, 0.25) is 5.82 Å². The van der Waals surface area contributed by atoms with Crippen LogP contribution in [0, 0.1) is 0 Å². The predicted molar refractivity (Wildman–Crippen MR) is 56.7 cm³/mol. The molecule has 0 unspecified atom stereocenters. The van der Waals surface area contributed by atoms with Crippen molar-refractivity contribution in [3.63, 3.8) is 0 Å². The Morgan fingerprint density at radius 2 is 2.33 bits per heavy atom. The zero-order chi connectivity index (χ0) is 11.3. The summed E-state index contributed by atoms with van der Waals surface area (Å²) in [7, 11) is 0. The molecular formula is C10H15N3O2. The lowest BCUT2D eigenvalue weighted by atomic mass is 10.4. The summed E-state index contributed by atoms with van der Waals surface area (Å²) in [5.41, 5.74) is 0. The molecule has 0 aromatic carbocycles. The van der Waals surface area contributed by atoms with Crippen molar-refractivity contribution in [2.45, 2.75) is 26.8 Å². The number of hydrogen-bond acceptors (Lipinski definition) is 5. The van der Waals surface area contributed by atoms with E-state index < -0.39 is 5.97 Å². The quantitative estimate of drug-likeness (QED) is 0.761. The fourth-order valence-electron chi connectivity index (χ4n) is 1.03. The monoisotopic (exact) mass is 209 g/mol. The maximum atomic E-state index is 11.3. The van der Waals surface area contributed by atoms with Crippen molar-refractivity contribution in [1.29, 1.82) is 0 Å². The third-order valence-electron chi connectivity index (χ3n) is 1.55. The molecule has 0 spiro atoms. The Bertz CT molecular complexity index is 339. The normalized spacial score (nSPS) is 10.1. The molecule has 82 valence electrons. The number of rotatable bonds is 4. The van der Waals surface area contributed by atoms with Crippen molar-refractivity contribution in [2.75, 3.05) is 11.9 Å². The van der Waals surface area contributed by atoms with Crippen molar-refractivity contribution in [1.82, 2.24) is 9.97 Å². The van der Waals surface area contributed by atoms with E-state index in [2.05, 4.69) is 15.3 Å². The molecule has 0 bridgehead atoms. The van der Waals surface area contributed by atoms with E-state index in [0.717, 1.165) is 0 Å². The first-order valence-electron chi connectivity index (χ1n) is 4.90. The molecule has 15 heavy (non-hydrogen) atoms. The van der Waals surface area contributed by atoms with Gasteiger partial charge in [-0.3, -0.25) is 0 Å². The molecular weight excluding hydrogens is 194 g/mol. The summed E-state index contributed by atoms with van der Waals surface area (Å²) in [4.78, 5) is 19.2. The average molecular weight is 209 g/mol. The first-order chi connectivity index (χ1) is 7.13. The van der Waals surface area contributed by atoms with Crippen LogP contribution in [0.25, 0.3) is 0 Å². The van der Waals surface area contributed by atoms with Gasteiger partial charge in [0.15, 0.2) is 0 Å². The number of esters is 1. The molecule has 1 aromatic rings. The molecule has 1 aromatic heterocycles. The molecule has 0 aliphatic rings. The standard InChI is InChI=1S/C10H15N3O2/c1-4-15-10(14)9-11-6-5-8(13-9)12-7(2)3/h5-7H,4H2,1-3H3,(H,11,12,13). The van der Waals surface area contributed by atoms with Gasteiger partial charge in [-0.15, -0.1) is 0 Å². The summed E-state index contributed by atoms with van der Waals surface area (Å²) in [5.74, 6) is 0.218. The Balaban J connectivity index is 2.78. The van der Waals surface area contributed by atoms with Crippen molar-refractivity contribution >= 4 is 11.8 Å². The predicted octanol–water partition coefficient (Wildman–Crippen LogP) is 1.47. The lowest BCUT2D eigenvalue weighted by Gasteiger charge is -2.08. The highest BCUT2D eigenvalue weighted by atomic mass is 16.5.